The maximum atomic E-state index is 13.1. The van der Waals surface area contributed by atoms with E-state index in [-0.39, 0.29) is 29.3 Å². The van der Waals surface area contributed by atoms with E-state index in [1.807, 2.05) is 19.9 Å². The fourth-order valence-electron chi connectivity index (χ4n) is 3.15. The molecule has 7 nitrogen and oxygen atoms in total. The van der Waals surface area contributed by atoms with Gasteiger partial charge in [-0.1, -0.05) is 6.07 Å². The van der Waals surface area contributed by atoms with Crippen LogP contribution in [-0.2, 0) is 19.6 Å². The smallest absolute Gasteiger partial charge is 0.246 e. The third-order valence-corrected chi connectivity index (χ3v) is 6.38. The van der Waals surface area contributed by atoms with Crippen LogP contribution in [0.1, 0.15) is 25.3 Å². The summed E-state index contributed by atoms with van der Waals surface area (Å²) in [6.45, 7) is 4.68. The molecule has 0 aromatic heterocycles. The van der Waals surface area contributed by atoms with E-state index in [1.165, 1.54) is 11.4 Å². The Balaban J connectivity index is 2.18. The number of hydrogen-bond donors (Lipinski definition) is 1. The number of carbonyl (C=O) groups excluding carboxylic acids is 1. The van der Waals surface area contributed by atoms with Crippen molar-refractivity contribution in [3.05, 3.63) is 23.8 Å². The highest BCUT2D eigenvalue weighted by atomic mass is 32.2. The summed E-state index contributed by atoms with van der Waals surface area (Å²) >= 11 is 0. The second kappa shape index (κ2) is 8.83. The largest absolute Gasteiger partial charge is 0.495 e. The SMILES string of the molecule is COC[C@H](C)NC(=O)[C@H]1CCCN(S(=O)(=O)c2cc(C)ccc2OC)C1. The molecule has 0 spiro atoms. The van der Waals surface area contributed by atoms with Crippen LogP contribution in [0.15, 0.2) is 23.1 Å². The molecule has 1 aliphatic rings. The number of nitrogens with one attached hydrogen (secondary N) is 1. The van der Waals surface area contributed by atoms with Crippen LogP contribution in [-0.4, -0.2) is 58.6 Å². The predicted molar refractivity (Wildman–Crippen MR) is 98.7 cm³/mol. The zero-order valence-corrected chi connectivity index (χ0v) is 16.6. The fraction of sp³-hybridized carbons (Fsp3) is 0.611. The monoisotopic (exact) mass is 384 g/mol. The molecule has 2 atom stereocenters. The normalized spacial score (nSPS) is 19.8. The minimum atomic E-state index is -3.73. The molecule has 1 amide bonds. The maximum Gasteiger partial charge on any atom is 0.246 e. The van der Waals surface area contributed by atoms with Crippen LogP contribution in [0.3, 0.4) is 0 Å². The molecule has 1 aliphatic heterocycles. The molecule has 1 saturated heterocycles. The van der Waals surface area contributed by atoms with Gasteiger partial charge in [0, 0.05) is 26.2 Å². The van der Waals surface area contributed by atoms with Crippen molar-refractivity contribution < 1.29 is 22.7 Å². The summed E-state index contributed by atoms with van der Waals surface area (Å²) in [6, 6.07) is 4.96. The molecule has 0 unspecified atom stereocenters. The third kappa shape index (κ3) is 4.75. The number of carbonyl (C=O) groups is 1. The first-order chi connectivity index (χ1) is 12.3. The number of methoxy groups -OCH3 is 2. The highest BCUT2D eigenvalue weighted by Gasteiger charge is 2.35. The van der Waals surface area contributed by atoms with E-state index in [2.05, 4.69) is 5.32 Å². The van der Waals surface area contributed by atoms with Gasteiger partial charge in [0.2, 0.25) is 15.9 Å². The van der Waals surface area contributed by atoms with Crippen molar-refractivity contribution in [1.29, 1.82) is 0 Å². The summed E-state index contributed by atoms with van der Waals surface area (Å²) in [5.41, 5.74) is 0.837. The number of piperidine rings is 1. The van der Waals surface area contributed by atoms with Crippen molar-refractivity contribution in [2.75, 3.05) is 33.9 Å². The van der Waals surface area contributed by atoms with Crippen LogP contribution in [0, 0.1) is 12.8 Å². The zero-order valence-electron chi connectivity index (χ0n) is 15.8. The van der Waals surface area contributed by atoms with Crippen molar-refractivity contribution >= 4 is 15.9 Å². The molecule has 146 valence electrons. The van der Waals surface area contributed by atoms with Gasteiger partial charge < -0.3 is 14.8 Å². The number of hydrogen-bond acceptors (Lipinski definition) is 5. The van der Waals surface area contributed by atoms with Crippen LogP contribution < -0.4 is 10.1 Å². The van der Waals surface area contributed by atoms with Crippen molar-refractivity contribution in [2.45, 2.75) is 37.6 Å². The Kier molecular flexibility index (Phi) is 7.02. The summed E-state index contributed by atoms with van der Waals surface area (Å²) in [7, 11) is -0.701. The van der Waals surface area contributed by atoms with Gasteiger partial charge in [0.1, 0.15) is 10.6 Å². The Morgan fingerprint density at radius 1 is 1.38 bits per heavy atom. The van der Waals surface area contributed by atoms with Gasteiger partial charge in [-0.3, -0.25) is 4.79 Å². The quantitative estimate of drug-likeness (QED) is 0.771. The molecule has 0 radical (unpaired) electrons. The third-order valence-electron chi connectivity index (χ3n) is 4.50. The molecule has 1 fully saturated rings. The first-order valence-corrected chi connectivity index (χ1v) is 10.2. The standard InChI is InChI=1S/C18H28N2O5S/c1-13-7-8-16(25-4)17(10-13)26(22,23)20-9-5-6-15(11-20)18(21)19-14(2)12-24-3/h7-8,10,14-15H,5-6,9,11-12H2,1-4H3,(H,19,21)/t14-,15-/m0/s1. The number of benzene rings is 1. The first kappa shape index (κ1) is 20.7. The van der Waals surface area contributed by atoms with Gasteiger partial charge in [-0.05, 0) is 44.4 Å². The lowest BCUT2D eigenvalue weighted by atomic mass is 9.98. The summed E-state index contributed by atoms with van der Waals surface area (Å²) in [6.07, 6.45) is 1.31. The van der Waals surface area contributed by atoms with Crippen LogP contribution in [0.2, 0.25) is 0 Å². The second-order valence-corrected chi connectivity index (χ2v) is 8.63. The molecule has 1 heterocycles. The number of amides is 1. The van der Waals surface area contributed by atoms with Crippen LogP contribution in [0.5, 0.6) is 5.75 Å². The lowest BCUT2D eigenvalue weighted by molar-refractivity contribution is -0.127. The average molecular weight is 384 g/mol. The molecule has 8 heteroatoms. The van der Waals surface area contributed by atoms with Crippen molar-refractivity contribution in [2.24, 2.45) is 5.92 Å². The molecule has 0 bridgehead atoms. The highest BCUT2D eigenvalue weighted by molar-refractivity contribution is 7.89. The number of nitrogens with zero attached hydrogens (tertiary/aromatic N) is 1. The Bertz CT molecular complexity index is 735. The first-order valence-electron chi connectivity index (χ1n) is 8.73. The summed E-state index contributed by atoms with van der Waals surface area (Å²) < 4.78 is 37.9. The van der Waals surface area contributed by atoms with Crippen LogP contribution in [0.4, 0.5) is 0 Å². The van der Waals surface area contributed by atoms with E-state index in [1.54, 1.807) is 19.2 Å². The van der Waals surface area contributed by atoms with Crippen LogP contribution in [0.25, 0.3) is 0 Å². The van der Waals surface area contributed by atoms with Gasteiger partial charge in [0.05, 0.1) is 19.6 Å². The van der Waals surface area contributed by atoms with E-state index in [4.69, 9.17) is 9.47 Å². The van der Waals surface area contributed by atoms with Crippen molar-refractivity contribution in [1.82, 2.24) is 9.62 Å². The predicted octanol–water partition coefficient (Wildman–Crippen LogP) is 1.56. The highest BCUT2D eigenvalue weighted by Crippen LogP contribution is 2.30. The van der Waals surface area contributed by atoms with E-state index in [9.17, 15) is 13.2 Å². The molecule has 1 aromatic carbocycles. The zero-order chi connectivity index (χ0) is 19.3. The van der Waals surface area contributed by atoms with Gasteiger partial charge in [0.15, 0.2) is 0 Å². The second-order valence-electron chi connectivity index (χ2n) is 6.72. The van der Waals surface area contributed by atoms with Crippen molar-refractivity contribution in [3.63, 3.8) is 0 Å². The molecule has 1 N–H and O–H groups in total. The minimum Gasteiger partial charge on any atom is -0.495 e. The molecule has 1 aromatic rings. The molecule has 0 aliphatic carbocycles. The van der Waals surface area contributed by atoms with Gasteiger partial charge in [-0.15, -0.1) is 0 Å². The fourth-order valence-corrected chi connectivity index (χ4v) is 4.92. The molecular formula is C18H28N2O5S. The number of ether oxygens (including phenoxy) is 2. The molecule has 26 heavy (non-hydrogen) atoms. The van der Waals surface area contributed by atoms with Gasteiger partial charge in [0.25, 0.3) is 0 Å². The van der Waals surface area contributed by atoms with E-state index in [0.717, 1.165) is 5.56 Å². The summed E-state index contributed by atoms with van der Waals surface area (Å²) in [4.78, 5) is 12.6. The maximum absolute atomic E-state index is 13.1. The number of rotatable bonds is 7. The summed E-state index contributed by atoms with van der Waals surface area (Å²) in [5.74, 6) is -0.185. The number of aryl methyl sites for hydroxylation is 1. The van der Waals surface area contributed by atoms with E-state index < -0.39 is 10.0 Å². The summed E-state index contributed by atoms with van der Waals surface area (Å²) in [5, 5.41) is 2.88. The Labute approximate surface area is 155 Å². The Hall–Kier alpha value is -1.64. The van der Waals surface area contributed by atoms with Gasteiger partial charge in [-0.25, -0.2) is 8.42 Å². The van der Waals surface area contributed by atoms with Crippen LogP contribution >= 0.6 is 0 Å². The van der Waals surface area contributed by atoms with E-state index >= 15 is 0 Å². The van der Waals surface area contributed by atoms with E-state index in [0.29, 0.717) is 31.7 Å². The topological polar surface area (TPSA) is 84.9 Å². The average Bonchev–Trinajstić information content (AvgIpc) is 2.62. The lowest BCUT2D eigenvalue weighted by Crippen LogP contribution is -2.47. The van der Waals surface area contributed by atoms with Crippen molar-refractivity contribution in [3.8, 4) is 5.75 Å². The molecular weight excluding hydrogens is 356 g/mol. The molecule has 0 saturated carbocycles. The minimum absolute atomic E-state index is 0.114. The van der Waals surface area contributed by atoms with Gasteiger partial charge >= 0.3 is 0 Å². The Morgan fingerprint density at radius 2 is 2.12 bits per heavy atom. The Morgan fingerprint density at radius 3 is 2.77 bits per heavy atom. The number of sulfonamides is 1. The van der Waals surface area contributed by atoms with Gasteiger partial charge in [-0.2, -0.15) is 4.31 Å². The molecule has 2 rings (SSSR count). The lowest BCUT2D eigenvalue weighted by Gasteiger charge is -2.32.